The van der Waals surface area contributed by atoms with Crippen molar-refractivity contribution in [3.8, 4) is 0 Å². The molecule has 74 valence electrons. The maximum Gasteiger partial charge on any atom is 0.271 e. The van der Waals surface area contributed by atoms with Crippen molar-refractivity contribution in [1.82, 2.24) is 0 Å². The van der Waals surface area contributed by atoms with Gasteiger partial charge in [-0.15, -0.1) is 11.8 Å². The summed E-state index contributed by atoms with van der Waals surface area (Å²) in [5.41, 5.74) is 1.02. The Kier molecular flexibility index (Phi) is 2.33. The number of fused-ring (bicyclic) bond motifs is 1. The second kappa shape index (κ2) is 3.49. The third-order valence-corrected chi connectivity index (χ3v) is 3.26. The van der Waals surface area contributed by atoms with Crippen LogP contribution in [-0.2, 0) is 0 Å². The molecular weight excluding hydrogens is 200 g/mol. The van der Waals surface area contributed by atoms with Crippen molar-refractivity contribution in [2.75, 3.05) is 11.9 Å². The summed E-state index contributed by atoms with van der Waals surface area (Å²) in [6, 6.07) is 4.94. The van der Waals surface area contributed by atoms with Gasteiger partial charge in [-0.3, -0.25) is 10.1 Å². The molecule has 0 bridgehead atoms. The molecule has 0 saturated carbocycles. The van der Waals surface area contributed by atoms with Gasteiger partial charge in [0.05, 0.1) is 10.6 Å². The number of thioether (sulfide) groups is 1. The Hall–Kier alpha value is -1.23. The Balaban J connectivity index is 2.36. The first kappa shape index (κ1) is 9.33. The fraction of sp³-hybridized carbons (Fsp3) is 0.333. The van der Waals surface area contributed by atoms with Crippen LogP contribution in [0.15, 0.2) is 23.1 Å². The maximum absolute atomic E-state index is 10.5. The third-order valence-electron chi connectivity index (χ3n) is 2.08. The Morgan fingerprint density at radius 1 is 1.64 bits per heavy atom. The average Bonchev–Trinajstić information content (AvgIpc) is 2.16. The van der Waals surface area contributed by atoms with Crippen LogP contribution in [0.25, 0.3) is 0 Å². The number of anilines is 1. The first-order chi connectivity index (χ1) is 6.66. The molecule has 14 heavy (non-hydrogen) atoms. The standard InChI is InChI=1S/C9H10N2O2S/c1-6-5-10-8-4-7(11(12)13)2-3-9(8)14-6/h2-4,6,10H,5H2,1H3/t6-/m0/s1. The van der Waals surface area contributed by atoms with E-state index in [-0.39, 0.29) is 10.6 Å². The second-order valence-electron chi connectivity index (χ2n) is 3.25. The predicted molar refractivity (Wildman–Crippen MR) is 56.9 cm³/mol. The first-order valence-electron chi connectivity index (χ1n) is 4.36. The molecule has 1 aromatic rings. The van der Waals surface area contributed by atoms with E-state index in [4.69, 9.17) is 0 Å². The summed E-state index contributed by atoms with van der Waals surface area (Å²) in [7, 11) is 0. The summed E-state index contributed by atoms with van der Waals surface area (Å²) in [5.74, 6) is 0. The molecule has 1 aromatic carbocycles. The van der Waals surface area contributed by atoms with Crippen LogP contribution in [0.1, 0.15) is 6.92 Å². The van der Waals surface area contributed by atoms with Gasteiger partial charge in [0.2, 0.25) is 0 Å². The van der Waals surface area contributed by atoms with E-state index in [2.05, 4.69) is 12.2 Å². The zero-order valence-corrected chi connectivity index (χ0v) is 8.50. The quantitative estimate of drug-likeness (QED) is 0.571. The minimum absolute atomic E-state index is 0.145. The van der Waals surface area contributed by atoms with Crippen molar-refractivity contribution >= 4 is 23.1 Å². The Morgan fingerprint density at radius 2 is 2.43 bits per heavy atom. The van der Waals surface area contributed by atoms with Crippen molar-refractivity contribution in [1.29, 1.82) is 0 Å². The van der Waals surface area contributed by atoms with Crippen molar-refractivity contribution in [2.45, 2.75) is 17.1 Å². The number of nitro benzene ring substituents is 1. The van der Waals surface area contributed by atoms with E-state index in [0.717, 1.165) is 17.1 Å². The molecule has 1 N–H and O–H groups in total. The highest BCUT2D eigenvalue weighted by atomic mass is 32.2. The number of rotatable bonds is 1. The largest absolute Gasteiger partial charge is 0.383 e. The van der Waals surface area contributed by atoms with E-state index >= 15 is 0 Å². The van der Waals surface area contributed by atoms with Crippen LogP contribution >= 0.6 is 11.8 Å². The lowest BCUT2D eigenvalue weighted by Crippen LogP contribution is -2.18. The lowest BCUT2D eigenvalue weighted by molar-refractivity contribution is -0.384. The molecule has 0 aliphatic carbocycles. The van der Waals surface area contributed by atoms with Crippen molar-refractivity contribution < 1.29 is 4.92 Å². The molecule has 0 aromatic heterocycles. The molecule has 5 heteroatoms. The number of nitro groups is 1. The Labute approximate surface area is 85.8 Å². The van der Waals surface area contributed by atoms with Gasteiger partial charge in [0.25, 0.3) is 5.69 Å². The molecule has 2 rings (SSSR count). The second-order valence-corrected chi connectivity index (χ2v) is 4.73. The van der Waals surface area contributed by atoms with Gasteiger partial charge in [-0.25, -0.2) is 0 Å². The van der Waals surface area contributed by atoms with E-state index in [0.29, 0.717) is 5.25 Å². The molecule has 0 spiro atoms. The van der Waals surface area contributed by atoms with Crippen LogP contribution in [-0.4, -0.2) is 16.7 Å². The molecule has 0 saturated heterocycles. The van der Waals surface area contributed by atoms with Gasteiger partial charge in [0.1, 0.15) is 0 Å². The number of benzene rings is 1. The van der Waals surface area contributed by atoms with E-state index in [1.807, 2.05) is 0 Å². The Bertz CT molecular complexity index is 381. The van der Waals surface area contributed by atoms with Crippen molar-refractivity contribution in [2.24, 2.45) is 0 Å². The lowest BCUT2D eigenvalue weighted by Gasteiger charge is -2.22. The van der Waals surface area contributed by atoms with Crippen LogP contribution in [0.5, 0.6) is 0 Å². The Morgan fingerprint density at radius 3 is 3.14 bits per heavy atom. The van der Waals surface area contributed by atoms with Crippen molar-refractivity contribution in [3.05, 3.63) is 28.3 Å². The monoisotopic (exact) mass is 210 g/mol. The SMILES string of the molecule is C[C@H]1CNc2cc([N+](=O)[O-])ccc2S1. The van der Waals surface area contributed by atoms with Gasteiger partial charge in [-0.2, -0.15) is 0 Å². The number of hydrogen-bond acceptors (Lipinski definition) is 4. The average molecular weight is 210 g/mol. The fourth-order valence-electron chi connectivity index (χ4n) is 1.38. The van der Waals surface area contributed by atoms with Crippen LogP contribution in [0.4, 0.5) is 11.4 Å². The number of nitrogens with one attached hydrogen (secondary N) is 1. The summed E-state index contributed by atoms with van der Waals surface area (Å²) < 4.78 is 0. The molecule has 0 radical (unpaired) electrons. The summed E-state index contributed by atoms with van der Waals surface area (Å²) in [5, 5.41) is 14.2. The number of hydrogen-bond donors (Lipinski definition) is 1. The van der Waals surface area contributed by atoms with Crippen LogP contribution in [0, 0.1) is 10.1 Å². The minimum atomic E-state index is -0.370. The van der Waals surface area contributed by atoms with Crippen LogP contribution < -0.4 is 5.32 Å². The van der Waals surface area contributed by atoms with Gasteiger partial charge in [0, 0.05) is 28.8 Å². The van der Waals surface area contributed by atoms with E-state index in [1.165, 1.54) is 0 Å². The van der Waals surface area contributed by atoms with Gasteiger partial charge in [-0.1, -0.05) is 6.92 Å². The molecule has 0 unspecified atom stereocenters. The molecule has 1 aliphatic rings. The zero-order valence-electron chi connectivity index (χ0n) is 7.69. The molecule has 1 atom stereocenters. The van der Waals surface area contributed by atoms with Gasteiger partial charge >= 0.3 is 0 Å². The summed E-state index contributed by atoms with van der Waals surface area (Å²) >= 11 is 1.75. The van der Waals surface area contributed by atoms with Gasteiger partial charge < -0.3 is 5.32 Å². The third kappa shape index (κ3) is 1.68. The maximum atomic E-state index is 10.5. The predicted octanol–water partition coefficient (Wildman–Crippen LogP) is 2.50. The summed E-state index contributed by atoms with van der Waals surface area (Å²) in [6.07, 6.45) is 0. The van der Waals surface area contributed by atoms with Gasteiger partial charge in [0.15, 0.2) is 0 Å². The van der Waals surface area contributed by atoms with Crippen LogP contribution in [0.2, 0.25) is 0 Å². The molecule has 1 aliphatic heterocycles. The summed E-state index contributed by atoms with van der Waals surface area (Å²) in [4.78, 5) is 11.2. The van der Waals surface area contributed by atoms with E-state index < -0.39 is 0 Å². The minimum Gasteiger partial charge on any atom is -0.383 e. The lowest BCUT2D eigenvalue weighted by atomic mass is 10.2. The highest BCUT2D eigenvalue weighted by molar-refractivity contribution is 8.00. The summed E-state index contributed by atoms with van der Waals surface area (Å²) in [6.45, 7) is 2.99. The first-order valence-corrected chi connectivity index (χ1v) is 5.24. The van der Waals surface area contributed by atoms with Crippen molar-refractivity contribution in [3.63, 3.8) is 0 Å². The number of nitrogens with zero attached hydrogens (tertiary/aromatic N) is 1. The van der Waals surface area contributed by atoms with Crippen LogP contribution in [0.3, 0.4) is 0 Å². The van der Waals surface area contributed by atoms with E-state index in [9.17, 15) is 10.1 Å². The molecular formula is C9H10N2O2S. The molecule has 1 heterocycles. The highest BCUT2D eigenvalue weighted by Gasteiger charge is 2.17. The smallest absolute Gasteiger partial charge is 0.271 e. The number of non-ortho nitro benzene ring substituents is 1. The normalized spacial score (nSPS) is 19.6. The topological polar surface area (TPSA) is 55.2 Å². The molecule has 4 nitrogen and oxygen atoms in total. The molecule has 0 amide bonds. The molecule has 0 fully saturated rings. The highest BCUT2D eigenvalue weighted by Crippen LogP contribution is 2.36. The zero-order chi connectivity index (χ0) is 10.1. The van der Waals surface area contributed by atoms with E-state index in [1.54, 1.807) is 30.0 Å². The fourth-order valence-corrected chi connectivity index (χ4v) is 2.39. The van der Waals surface area contributed by atoms with Gasteiger partial charge in [-0.05, 0) is 6.07 Å².